The third-order valence-corrected chi connectivity index (χ3v) is 8.09. The Bertz CT molecular complexity index is 1870. The van der Waals surface area contributed by atoms with E-state index in [1.54, 1.807) is 51.3 Å². The van der Waals surface area contributed by atoms with Crippen LogP contribution in [0.2, 0.25) is 10.0 Å². The Morgan fingerprint density at radius 3 is 2.44 bits per heavy atom. The van der Waals surface area contributed by atoms with Gasteiger partial charge >= 0.3 is 5.97 Å². The molecule has 2 heterocycles. The fourth-order valence-electron chi connectivity index (χ4n) is 4.76. The Kier molecular flexibility index (Phi) is 9.55. The Hall–Kier alpha value is -4.05. The summed E-state index contributed by atoms with van der Waals surface area (Å²) in [5, 5.41) is 0.663. The molecule has 1 aliphatic heterocycles. The number of carbonyl (C=O) groups is 1. The average Bonchev–Trinajstić information content (AvgIpc) is 3.30. The lowest BCUT2D eigenvalue weighted by Gasteiger charge is -2.24. The van der Waals surface area contributed by atoms with Gasteiger partial charge in [0.2, 0.25) is 0 Å². The predicted molar refractivity (Wildman–Crippen MR) is 167 cm³/mol. The molecule has 0 saturated carbocycles. The summed E-state index contributed by atoms with van der Waals surface area (Å²) in [4.78, 5) is 32.1. The molecule has 1 unspecified atom stereocenters. The van der Waals surface area contributed by atoms with Crippen molar-refractivity contribution >= 4 is 46.6 Å². The fraction of sp³-hybridized carbons (Fsp3) is 0.219. The lowest BCUT2D eigenvalue weighted by atomic mass is 9.96. The Balaban J connectivity index is 1.52. The molecular formula is C32H28Cl2N2O6S. The van der Waals surface area contributed by atoms with Crippen LogP contribution in [0.25, 0.3) is 6.08 Å². The van der Waals surface area contributed by atoms with Gasteiger partial charge in [-0.25, -0.2) is 9.79 Å². The molecule has 1 atom stereocenters. The molecule has 4 aromatic rings. The number of allylic oxidation sites excluding steroid dienone is 1. The van der Waals surface area contributed by atoms with Crippen molar-refractivity contribution in [2.45, 2.75) is 19.9 Å². The first-order chi connectivity index (χ1) is 20.8. The summed E-state index contributed by atoms with van der Waals surface area (Å²) in [7, 11) is 1.57. The number of carbonyl (C=O) groups excluding carboxylic acids is 1. The summed E-state index contributed by atoms with van der Waals surface area (Å²) in [5.74, 6) is 1.03. The van der Waals surface area contributed by atoms with Crippen LogP contribution in [0.5, 0.6) is 17.2 Å². The monoisotopic (exact) mass is 638 g/mol. The van der Waals surface area contributed by atoms with Crippen molar-refractivity contribution in [3.63, 3.8) is 0 Å². The van der Waals surface area contributed by atoms with Crippen molar-refractivity contribution in [3.05, 3.63) is 119 Å². The predicted octanol–water partition coefficient (Wildman–Crippen LogP) is 5.57. The Morgan fingerprint density at radius 1 is 1.02 bits per heavy atom. The molecule has 0 spiro atoms. The zero-order valence-electron chi connectivity index (χ0n) is 23.6. The van der Waals surface area contributed by atoms with E-state index in [2.05, 4.69) is 4.99 Å². The lowest BCUT2D eigenvalue weighted by Crippen LogP contribution is -2.39. The average molecular weight is 640 g/mol. The van der Waals surface area contributed by atoms with Crippen LogP contribution in [0, 0.1) is 0 Å². The third-order valence-electron chi connectivity index (χ3n) is 6.61. The van der Waals surface area contributed by atoms with Gasteiger partial charge in [-0.3, -0.25) is 9.36 Å². The molecule has 3 aromatic carbocycles. The normalized spacial score (nSPS) is 14.6. The van der Waals surface area contributed by atoms with E-state index < -0.39 is 12.0 Å². The summed E-state index contributed by atoms with van der Waals surface area (Å²) >= 11 is 14.1. The molecular weight excluding hydrogens is 611 g/mol. The minimum Gasteiger partial charge on any atom is -0.493 e. The molecule has 8 nitrogen and oxygen atoms in total. The van der Waals surface area contributed by atoms with Gasteiger partial charge in [-0.05, 0) is 49.8 Å². The van der Waals surface area contributed by atoms with E-state index in [4.69, 9.17) is 42.1 Å². The number of hydrogen-bond donors (Lipinski definition) is 0. The van der Waals surface area contributed by atoms with Crippen LogP contribution in [0.15, 0.2) is 87.8 Å². The summed E-state index contributed by atoms with van der Waals surface area (Å²) in [6.07, 6.45) is 1.67. The number of methoxy groups -OCH3 is 1. The van der Waals surface area contributed by atoms with Gasteiger partial charge in [0.1, 0.15) is 19.0 Å². The van der Waals surface area contributed by atoms with Gasteiger partial charge in [0.05, 0.1) is 40.6 Å². The van der Waals surface area contributed by atoms with E-state index in [0.29, 0.717) is 48.4 Å². The lowest BCUT2D eigenvalue weighted by molar-refractivity contribution is -0.139. The van der Waals surface area contributed by atoms with Gasteiger partial charge in [0.15, 0.2) is 16.3 Å². The summed E-state index contributed by atoms with van der Waals surface area (Å²) in [5.41, 5.74) is 1.75. The number of ether oxygens (including phenoxy) is 4. The van der Waals surface area contributed by atoms with Crippen molar-refractivity contribution in [2.75, 3.05) is 26.9 Å². The fourth-order valence-corrected chi connectivity index (χ4v) is 6.36. The maximum atomic E-state index is 14.0. The second-order valence-corrected chi connectivity index (χ2v) is 11.2. The van der Waals surface area contributed by atoms with Gasteiger partial charge in [-0.15, -0.1) is 0 Å². The van der Waals surface area contributed by atoms with E-state index in [1.165, 1.54) is 15.9 Å². The van der Waals surface area contributed by atoms with Gasteiger partial charge in [-0.1, -0.05) is 77.0 Å². The highest BCUT2D eigenvalue weighted by atomic mass is 35.5. The highest BCUT2D eigenvalue weighted by molar-refractivity contribution is 7.07. The number of para-hydroxylation sites is 2. The van der Waals surface area contributed by atoms with Crippen LogP contribution in [0.1, 0.15) is 31.0 Å². The third kappa shape index (κ3) is 6.49. The Morgan fingerprint density at radius 2 is 1.72 bits per heavy atom. The van der Waals surface area contributed by atoms with E-state index in [-0.39, 0.29) is 30.4 Å². The number of halogens is 2. The van der Waals surface area contributed by atoms with Crippen LogP contribution in [-0.2, 0) is 9.53 Å². The van der Waals surface area contributed by atoms with Crippen molar-refractivity contribution in [2.24, 2.45) is 4.99 Å². The van der Waals surface area contributed by atoms with Crippen LogP contribution in [-0.4, -0.2) is 37.5 Å². The number of rotatable bonds is 10. The molecule has 0 amide bonds. The van der Waals surface area contributed by atoms with E-state index in [0.717, 1.165) is 5.56 Å². The maximum Gasteiger partial charge on any atom is 0.338 e. The molecule has 0 N–H and O–H groups in total. The highest BCUT2D eigenvalue weighted by Gasteiger charge is 2.33. The summed E-state index contributed by atoms with van der Waals surface area (Å²) in [6, 6.07) is 19.2. The number of esters is 1. The van der Waals surface area contributed by atoms with Crippen LogP contribution >= 0.6 is 34.5 Å². The topological polar surface area (TPSA) is 88.4 Å². The van der Waals surface area contributed by atoms with Crippen LogP contribution in [0.4, 0.5) is 0 Å². The second kappa shape index (κ2) is 13.5. The number of benzene rings is 3. The minimum atomic E-state index is -0.704. The second-order valence-electron chi connectivity index (χ2n) is 9.37. The number of thiazole rings is 1. The van der Waals surface area contributed by atoms with E-state index >= 15 is 0 Å². The highest BCUT2D eigenvalue weighted by Crippen LogP contribution is 2.34. The molecule has 0 aliphatic carbocycles. The molecule has 0 saturated heterocycles. The molecule has 222 valence electrons. The molecule has 0 fully saturated rings. The van der Waals surface area contributed by atoms with E-state index in [1.807, 2.05) is 42.5 Å². The van der Waals surface area contributed by atoms with Gasteiger partial charge < -0.3 is 18.9 Å². The molecule has 0 radical (unpaired) electrons. The standard InChI is InChI=1S/C32H28Cl2N2O6S/c1-4-40-31(38)27-19(2)35-32-36(28(27)20-10-6-5-7-11-20)30(37)26(43-32)17-21-16-22(33)18-23(34)29(21)42-15-14-41-25-13-9-8-12-24(25)39-3/h5-13,16-18,28H,4,14-15H2,1-3H3/b26-17+. The van der Waals surface area contributed by atoms with Gasteiger partial charge in [0.25, 0.3) is 5.56 Å². The molecule has 11 heteroatoms. The SMILES string of the molecule is CCOC(=O)C1=C(C)N=c2s/c(=C/c3cc(Cl)cc(Cl)c3OCCOc3ccccc3OC)c(=O)n2C1c1ccccc1. The number of fused-ring (bicyclic) bond motifs is 1. The first-order valence-electron chi connectivity index (χ1n) is 13.4. The first kappa shape index (κ1) is 30.4. The number of aromatic nitrogens is 1. The summed E-state index contributed by atoms with van der Waals surface area (Å²) in [6.45, 7) is 4.06. The van der Waals surface area contributed by atoms with Crippen molar-refractivity contribution in [1.82, 2.24) is 4.57 Å². The smallest absolute Gasteiger partial charge is 0.338 e. The van der Waals surface area contributed by atoms with Crippen molar-refractivity contribution in [3.8, 4) is 17.2 Å². The minimum absolute atomic E-state index is 0.164. The van der Waals surface area contributed by atoms with Crippen LogP contribution < -0.4 is 29.1 Å². The number of nitrogens with zero attached hydrogens (tertiary/aromatic N) is 2. The largest absolute Gasteiger partial charge is 0.493 e. The zero-order valence-corrected chi connectivity index (χ0v) is 26.0. The Labute approximate surface area is 262 Å². The summed E-state index contributed by atoms with van der Waals surface area (Å²) < 4.78 is 24.4. The molecule has 0 bridgehead atoms. The quantitative estimate of drug-likeness (QED) is 0.167. The van der Waals surface area contributed by atoms with Crippen LogP contribution in [0.3, 0.4) is 0 Å². The van der Waals surface area contributed by atoms with Gasteiger partial charge in [0, 0.05) is 10.6 Å². The number of hydrogen-bond acceptors (Lipinski definition) is 8. The molecule has 1 aromatic heterocycles. The van der Waals surface area contributed by atoms with E-state index in [9.17, 15) is 9.59 Å². The maximum absolute atomic E-state index is 14.0. The van der Waals surface area contributed by atoms with Crippen molar-refractivity contribution in [1.29, 1.82) is 0 Å². The molecule has 5 rings (SSSR count). The molecule has 43 heavy (non-hydrogen) atoms. The first-order valence-corrected chi connectivity index (χ1v) is 15.0. The zero-order chi connectivity index (χ0) is 30.5. The van der Waals surface area contributed by atoms with Crippen molar-refractivity contribution < 1.29 is 23.7 Å². The molecule has 1 aliphatic rings. The van der Waals surface area contributed by atoms with Gasteiger partial charge in [-0.2, -0.15) is 0 Å².